The molecule has 1 nitrogen and oxygen atoms in total. The molecule has 1 rings (SSSR count). The van der Waals surface area contributed by atoms with Crippen molar-refractivity contribution in [2.75, 3.05) is 6.61 Å². The summed E-state index contributed by atoms with van der Waals surface area (Å²) in [6.45, 7) is 3.26. The zero-order valence-electron chi connectivity index (χ0n) is 8.35. The van der Waals surface area contributed by atoms with Crippen molar-refractivity contribution in [3.05, 3.63) is 0 Å². The van der Waals surface area contributed by atoms with E-state index in [2.05, 4.69) is 6.92 Å². The molecule has 12 heavy (non-hydrogen) atoms. The van der Waals surface area contributed by atoms with Gasteiger partial charge in [-0.25, -0.2) is 0 Å². The Balaban J connectivity index is 1.70. The third-order valence-electron chi connectivity index (χ3n) is 2.65. The molecule has 0 heterocycles. The number of hydrogen-bond donors (Lipinski definition) is 0. The molecule has 0 saturated heterocycles. The van der Waals surface area contributed by atoms with Crippen molar-refractivity contribution in [1.82, 2.24) is 0 Å². The summed E-state index contributed by atoms with van der Waals surface area (Å²) in [4.78, 5) is 0. The summed E-state index contributed by atoms with van der Waals surface area (Å²) < 4.78 is 5.66. The lowest BCUT2D eigenvalue weighted by molar-refractivity contribution is 0.000623. The average Bonchev–Trinajstić information content (AvgIpc) is 2.00. The Hall–Kier alpha value is -0.0400. The van der Waals surface area contributed by atoms with Crippen LogP contribution in [0.3, 0.4) is 0 Å². The van der Waals surface area contributed by atoms with Crippen molar-refractivity contribution in [2.24, 2.45) is 0 Å². The molecule has 1 aliphatic rings. The first kappa shape index (κ1) is 10.0. The van der Waals surface area contributed by atoms with Crippen LogP contribution in [0, 0.1) is 0 Å². The maximum Gasteiger partial charge on any atom is 0.0575 e. The molecule has 0 aromatic rings. The minimum atomic E-state index is 0.635. The van der Waals surface area contributed by atoms with E-state index in [1.807, 2.05) is 0 Å². The number of ether oxygens (including phenoxy) is 1. The van der Waals surface area contributed by atoms with Gasteiger partial charge in [-0.2, -0.15) is 0 Å². The molecule has 0 radical (unpaired) electrons. The fraction of sp³-hybridized carbons (Fsp3) is 1.00. The van der Waals surface area contributed by atoms with E-state index in [1.165, 1.54) is 51.4 Å². The number of rotatable bonds is 7. The lowest BCUT2D eigenvalue weighted by Gasteiger charge is -2.25. The summed E-state index contributed by atoms with van der Waals surface area (Å²) in [5, 5.41) is 0. The molecule has 1 aliphatic carbocycles. The third-order valence-corrected chi connectivity index (χ3v) is 2.65. The summed E-state index contributed by atoms with van der Waals surface area (Å²) >= 11 is 0. The first-order valence-electron chi connectivity index (χ1n) is 5.55. The van der Waals surface area contributed by atoms with Crippen molar-refractivity contribution in [3.8, 4) is 0 Å². The van der Waals surface area contributed by atoms with Crippen LogP contribution in [-0.4, -0.2) is 12.7 Å². The molecule has 0 aromatic heterocycles. The van der Waals surface area contributed by atoms with Crippen LogP contribution < -0.4 is 0 Å². The monoisotopic (exact) mass is 170 g/mol. The fourth-order valence-corrected chi connectivity index (χ4v) is 1.49. The van der Waals surface area contributed by atoms with E-state index in [4.69, 9.17) is 4.74 Å². The van der Waals surface area contributed by atoms with Crippen LogP contribution in [0.25, 0.3) is 0 Å². The van der Waals surface area contributed by atoms with Gasteiger partial charge in [0.1, 0.15) is 0 Å². The summed E-state index contributed by atoms with van der Waals surface area (Å²) in [6.07, 6.45) is 11.4. The van der Waals surface area contributed by atoms with Crippen LogP contribution in [0.15, 0.2) is 0 Å². The second kappa shape index (κ2) is 6.47. The van der Waals surface area contributed by atoms with Gasteiger partial charge in [-0.1, -0.05) is 32.6 Å². The first-order valence-corrected chi connectivity index (χ1v) is 5.55. The van der Waals surface area contributed by atoms with Gasteiger partial charge in [0.25, 0.3) is 0 Å². The van der Waals surface area contributed by atoms with E-state index >= 15 is 0 Å². The van der Waals surface area contributed by atoms with Gasteiger partial charge in [-0.15, -0.1) is 0 Å². The number of unbranched alkanes of at least 4 members (excludes halogenated alkanes) is 4. The van der Waals surface area contributed by atoms with Gasteiger partial charge in [-0.3, -0.25) is 0 Å². The quantitative estimate of drug-likeness (QED) is 0.531. The van der Waals surface area contributed by atoms with Crippen LogP contribution in [0.2, 0.25) is 0 Å². The third kappa shape index (κ3) is 4.10. The van der Waals surface area contributed by atoms with E-state index in [1.54, 1.807) is 0 Å². The maximum atomic E-state index is 5.66. The predicted molar refractivity (Wildman–Crippen MR) is 52.4 cm³/mol. The largest absolute Gasteiger partial charge is 0.378 e. The van der Waals surface area contributed by atoms with Crippen LogP contribution >= 0.6 is 0 Å². The van der Waals surface area contributed by atoms with E-state index in [0.717, 1.165) is 6.61 Å². The van der Waals surface area contributed by atoms with Crippen LogP contribution in [0.5, 0.6) is 0 Å². The van der Waals surface area contributed by atoms with Crippen LogP contribution in [0.1, 0.15) is 58.3 Å². The van der Waals surface area contributed by atoms with Crippen LogP contribution in [0.4, 0.5) is 0 Å². The van der Waals surface area contributed by atoms with Gasteiger partial charge in [0.15, 0.2) is 0 Å². The Morgan fingerprint density at radius 1 is 1.08 bits per heavy atom. The summed E-state index contributed by atoms with van der Waals surface area (Å²) in [7, 11) is 0. The smallest absolute Gasteiger partial charge is 0.0575 e. The minimum absolute atomic E-state index is 0.635. The fourth-order valence-electron chi connectivity index (χ4n) is 1.49. The highest BCUT2D eigenvalue weighted by Crippen LogP contribution is 2.22. The van der Waals surface area contributed by atoms with Gasteiger partial charge in [0.05, 0.1) is 6.10 Å². The first-order chi connectivity index (χ1) is 5.93. The molecule has 1 fully saturated rings. The molecule has 72 valence electrons. The van der Waals surface area contributed by atoms with Gasteiger partial charge >= 0.3 is 0 Å². The molecule has 0 N–H and O–H groups in total. The highest BCUT2D eigenvalue weighted by Gasteiger charge is 2.16. The summed E-state index contributed by atoms with van der Waals surface area (Å²) in [6, 6.07) is 0. The van der Waals surface area contributed by atoms with Crippen molar-refractivity contribution in [3.63, 3.8) is 0 Å². The SMILES string of the molecule is CCCCCCCOC1CCC1. The second-order valence-electron chi connectivity index (χ2n) is 3.84. The van der Waals surface area contributed by atoms with Gasteiger partial charge in [0, 0.05) is 6.61 Å². The Labute approximate surface area is 76.5 Å². The average molecular weight is 170 g/mol. The Morgan fingerprint density at radius 3 is 2.42 bits per heavy atom. The molecular formula is C11H22O. The molecule has 0 aliphatic heterocycles. The summed E-state index contributed by atoms with van der Waals surface area (Å²) in [5.74, 6) is 0. The molecule has 0 unspecified atom stereocenters. The maximum absolute atomic E-state index is 5.66. The van der Waals surface area contributed by atoms with Crippen molar-refractivity contribution < 1.29 is 4.74 Å². The topological polar surface area (TPSA) is 9.23 Å². The normalized spacial score (nSPS) is 17.8. The van der Waals surface area contributed by atoms with E-state index in [0.29, 0.717) is 6.10 Å². The standard InChI is InChI=1S/C11H22O/c1-2-3-4-5-6-10-12-11-8-7-9-11/h11H,2-10H2,1H3. The predicted octanol–water partition coefficient (Wildman–Crippen LogP) is 3.53. The molecule has 0 bridgehead atoms. The Kier molecular flexibility index (Phi) is 5.42. The lowest BCUT2D eigenvalue weighted by atomic mass is 9.96. The molecule has 0 aromatic carbocycles. The van der Waals surface area contributed by atoms with E-state index in [9.17, 15) is 0 Å². The highest BCUT2D eigenvalue weighted by atomic mass is 16.5. The van der Waals surface area contributed by atoms with Crippen molar-refractivity contribution in [2.45, 2.75) is 64.4 Å². The summed E-state index contributed by atoms with van der Waals surface area (Å²) in [5.41, 5.74) is 0. The lowest BCUT2D eigenvalue weighted by Crippen LogP contribution is -2.21. The number of hydrogen-bond acceptors (Lipinski definition) is 1. The molecule has 0 amide bonds. The molecule has 1 saturated carbocycles. The molecule has 1 heteroatoms. The minimum Gasteiger partial charge on any atom is -0.378 e. The zero-order valence-corrected chi connectivity index (χ0v) is 8.35. The molecule has 0 spiro atoms. The van der Waals surface area contributed by atoms with Gasteiger partial charge in [-0.05, 0) is 25.7 Å². The van der Waals surface area contributed by atoms with E-state index in [-0.39, 0.29) is 0 Å². The molecular weight excluding hydrogens is 148 g/mol. The molecule has 0 atom stereocenters. The van der Waals surface area contributed by atoms with Crippen LogP contribution in [-0.2, 0) is 4.74 Å². The zero-order chi connectivity index (χ0) is 8.65. The van der Waals surface area contributed by atoms with Crippen molar-refractivity contribution >= 4 is 0 Å². The Morgan fingerprint density at radius 2 is 1.83 bits per heavy atom. The van der Waals surface area contributed by atoms with Gasteiger partial charge < -0.3 is 4.74 Å². The highest BCUT2D eigenvalue weighted by molar-refractivity contribution is 4.68. The van der Waals surface area contributed by atoms with Gasteiger partial charge in [0.2, 0.25) is 0 Å². The van der Waals surface area contributed by atoms with Crippen molar-refractivity contribution in [1.29, 1.82) is 0 Å². The second-order valence-corrected chi connectivity index (χ2v) is 3.84. The Bertz CT molecular complexity index is 97.2. The van der Waals surface area contributed by atoms with E-state index < -0.39 is 0 Å².